The van der Waals surface area contributed by atoms with Gasteiger partial charge < -0.3 is 10.6 Å². The molecule has 0 radical (unpaired) electrons. The molecule has 1 aromatic carbocycles. The molecule has 0 unspecified atom stereocenters. The molecule has 0 spiro atoms. The van der Waals surface area contributed by atoms with Crippen LogP contribution in [0.2, 0.25) is 0 Å². The number of piperidine rings is 2. The lowest BCUT2D eigenvalue weighted by Gasteiger charge is -2.41. The second kappa shape index (κ2) is 7.77. The van der Waals surface area contributed by atoms with E-state index in [-0.39, 0.29) is 0 Å². The average Bonchev–Trinajstić information content (AvgIpc) is 2.63. The molecule has 6 heteroatoms. The zero-order valence-corrected chi connectivity index (χ0v) is 15.4. The summed E-state index contributed by atoms with van der Waals surface area (Å²) in [6.07, 6.45) is 10.4. The van der Waals surface area contributed by atoms with Crippen LogP contribution in [-0.4, -0.2) is 49.8 Å². The van der Waals surface area contributed by atoms with E-state index in [1.165, 1.54) is 0 Å². The summed E-state index contributed by atoms with van der Waals surface area (Å²) < 4.78 is 27.1. The van der Waals surface area contributed by atoms with Gasteiger partial charge in [-0.2, -0.15) is 4.31 Å². The van der Waals surface area contributed by atoms with Crippen LogP contribution in [0.4, 0.5) is 5.69 Å². The molecule has 2 heterocycles. The van der Waals surface area contributed by atoms with Crippen LogP contribution in [0.1, 0.15) is 32.1 Å². The summed E-state index contributed by atoms with van der Waals surface area (Å²) >= 11 is 0. The van der Waals surface area contributed by atoms with E-state index >= 15 is 0 Å². The molecule has 0 atom stereocenters. The van der Waals surface area contributed by atoms with Crippen molar-refractivity contribution >= 4 is 15.7 Å². The molecule has 5 nitrogen and oxygen atoms in total. The second-order valence-corrected chi connectivity index (χ2v) is 9.03. The summed E-state index contributed by atoms with van der Waals surface area (Å²) in [6, 6.07) is 6.95. The van der Waals surface area contributed by atoms with Gasteiger partial charge in [0.25, 0.3) is 0 Å². The maximum atomic E-state index is 12.7. The van der Waals surface area contributed by atoms with Crippen LogP contribution < -0.4 is 5.73 Å². The van der Waals surface area contributed by atoms with Crippen molar-refractivity contribution < 1.29 is 8.42 Å². The lowest BCUT2D eigenvalue weighted by molar-refractivity contribution is 0.0980. The number of nitrogens with two attached hydrogens (primary N) is 1. The number of sulfonamides is 1. The maximum absolute atomic E-state index is 12.7. The Morgan fingerprint density at radius 3 is 2.20 bits per heavy atom. The van der Waals surface area contributed by atoms with Gasteiger partial charge in [0, 0.05) is 31.2 Å². The molecule has 2 saturated heterocycles. The third-order valence-corrected chi connectivity index (χ3v) is 7.43. The Morgan fingerprint density at radius 2 is 1.64 bits per heavy atom. The van der Waals surface area contributed by atoms with Gasteiger partial charge in [-0.05, 0) is 69.0 Å². The SMILES string of the molecule is C#CCC1CCN(C2CCN(S(=O)(=O)c3ccc(N)cc3)CC2)CC1. The molecule has 2 aliphatic rings. The van der Waals surface area contributed by atoms with Crippen LogP contribution >= 0.6 is 0 Å². The number of nitrogens with zero attached hydrogens (tertiary/aromatic N) is 2. The summed E-state index contributed by atoms with van der Waals surface area (Å²) in [6.45, 7) is 3.34. The predicted octanol–water partition coefficient (Wildman–Crippen LogP) is 2.16. The van der Waals surface area contributed by atoms with E-state index in [0.29, 0.717) is 35.6 Å². The molecule has 0 aliphatic carbocycles. The Balaban J connectivity index is 1.55. The smallest absolute Gasteiger partial charge is 0.243 e. The Labute approximate surface area is 151 Å². The fourth-order valence-electron chi connectivity index (χ4n) is 3.93. The Morgan fingerprint density at radius 1 is 1.04 bits per heavy atom. The molecule has 0 saturated carbocycles. The van der Waals surface area contributed by atoms with Gasteiger partial charge in [0.15, 0.2) is 0 Å². The summed E-state index contributed by atoms with van der Waals surface area (Å²) in [5.74, 6) is 3.43. The van der Waals surface area contributed by atoms with Crippen molar-refractivity contribution in [2.75, 3.05) is 31.9 Å². The first-order chi connectivity index (χ1) is 12.0. The highest BCUT2D eigenvalue weighted by atomic mass is 32.2. The average molecular weight is 362 g/mol. The van der Waals surface area contributed by atoms with Gasteiger partial charge >= 0.3 is 0 Å². The van der Waals surface area contributed by atoms with E-state index in [1.54, 1.807) is 28.6 Å². The topological polar surface area (TPSA) is 66.6 Å². The van der Waals surface area contributed by atoms with E-state index in [0.717, 1.165) is 45.2 Å². The minimum Gasteiger partial charge on any atom is -0.399 e. The minimum absolute atomic E-state index is 0.329. The first-order valence-electron chi connectivity index (χ1n) is 9.04. The Kier molecular flexibility index (Phi) is 5.67. The first-order valence-corrected chi connectivity index (χ1v) is 10.5. The maximum Gasteiger partial charge on any atom is 0.243 e. The van der Waals surface area contributed by atoms with Crippen molar-refractivity contribution in [1.29, 1.82) is 0 Å². The van der Waals surface area contributed by atoms with E-state index in [1.807, 2.05) is 0 Å². The van der Waals surface area contributed by atoms with Crippen LogP contribution in [0.5, 0.6) is 0 Å². The molecule has 25 heavy (non-hydrogen) atoms. The van der Waals surface area contributed by atoms with Crippen molar-refractivity contribution in [3.8, 4) is 12.3 Å². The van der Waals surface area contributed by atoms with Gasteiger partial charge in [0.05, 0.1) is 4.90 Å². The first kappa shape index (κ1) is 18.2. The number of likely N-dealkylation sites (tertiary alicyclic amines) is 1. The lowest BCUT2D eigenvalue weighted by Crippen LogP contribution is -2.48. The van der Waals surface area contributed by atoms with Crippen molar-refractivity contribution in [3.05, 3.63) is 24.3 Å². The molecule has 2 aliphatic heterocycles. The molecule has 3 rings (SSSR count). The summed E-state index contributed by atoms with van der Waals surface area (Å²) in [5.41, 5.74) is 6.23. The van der Waals surface area contributed by atoms with Gasteiger partial charge in [-0.1, -0.05) is 0 Å². The van der Waals surface area contributed by atoms with E-state index in [2.05, 4.69) is 10.8 Å². The van der Waals surface area contributed by atoms with E-state index in [9.17, 15) is 8.42 Å². The van der Waals surface area contributed by atoms with Gasteiger partial charge in [0.1, 0.15) is 0 Å². The van der Waals surface area contributed by atoms with Crippen LogP contribution in [0.3, 0.4) is 0 Å². The van der Waals surface area contributed by atoms with Crippen molar-refractivity contribution in [1.82, 2.24) is 9.21 Å². The number of terminal acetylenes is 1. The molecule has 0 aromatic heterocycles. The van der Waals surface area contributed by atoms with Crippen molar-refractivity contribution in [2.24, 2.45) is 5.92 Å². The zero-order valence-electron chi connectivity index (χ0n) is 14.6. The number of anilines is 1. The van der Waals surface area contributed by atoms with Gasteiger partial charge in [-0.15, -0.1) is 12.3 Å². The van der Waals surface area contributed by atoms with Crippen LogP contribution in [0.15, 0.2) is 29.2 Å². The van der Waals surface area contributed by atoms with Crippen LogP contribution in [0, 0.1) is 18.3 Å². The second-order valence-electron chi connectivity index (χ2n) is 7.09. The number of hydrogen-bond donors (Lipinski definition) is 1. The standard InChI is InChI=1S/C19H27N3O2S/c1-2-3-16-8-12-21(13-9-16)18-10-14-22(15-11-18)25(23,24)19-6-4-17(20)5-7-19/h1,4-7,16,18H,3,8-15,20H2. The van der Waals surface area contributed by atoms with Crippen LogP contribution in [0.25, 0.3) is 0 Å². The summed E-state index contributed by atoms with van der Waals surface area (Å²) in [5, 5.41) is 0. The highest BCUT2D eigenvalue weighted by Gasteiger charge is 2.32. The number of hydrogen-bond acceptors (Lipinski definition) is 4. The molecule has 0 amide bonds. The fourth-order valence-corrected chi connectivity index (χ4v) is 5.40. The fraction of sp³-hybridized carbons (Fsp3) is 0.579. The van der Waals surface area contributed by atoms with Crippen molar-refractivity contribution in [2.45, 2.75) is 43.0 Å². The van der Waals surface area contributed by atoms with Crippen LogP contribution in [-0.2, 0) is 10.0 Å². The zero-order chi connectivity index (χ0) is 17.9. The molecule has 2 N–H and O–H groups in total. The predicted molar refractivity (Wildman–Crippen MR) is 100 cm³/mol. The Hall–Kier alpha value is -1.55. The third kappa shape index (κ3) is 4.17. The van der Waals surface area contributed by atoms with Gasteiger partial charge in [0.2, 0.25) is 10.0 Å². The lowest BCUT2D eigenvalue weighted by atomic mass is 9.92. The van der Waals surface area contributed by atoms with Crippen molar-refractivity contribution in [3.63, 3.8) is 0 Å². The summed E-state index contributed by atoms with van der Waals surface area (Å²) in [4.78, 5) is 2.86. The van der Waals surface area contributed by atoms with E-state index < -0.39 is 10.0 Å². The summed E-state index contributed by atoms with van der Waals surface area (Å²) in [7, 11) is -3.41. The largest absolute Gasteiger partial charge is 0.399 e. The number of rotatable bonds is 4. The van der Waals surface area contributed by atoms with Gasteiger partial charge in [-0.25, -0.2) is 8.42 Å². The molecular formula is C19H27N3O2S. The Bertz CT molecular complexity index is 708. The monoisotopic (exact) mass is 361 g/mol. The highest BCUT2D eigenvalue weighted by Crippen LogP contribution is 2.27. The molecule has 1 aromatic rings. The molecule has 136 valence electrons. The minimum atomic E-state index is -3.41. The third-order valence-electron chi connectivity index (χ3n) is 5.51. The number of nitrogen functional groups attached to an aromatic ring is 1. The molecular weight excluding hydrogens is 334 g/mol. The quantitative estimate of drug-likeness (QED) is 0.659. The normalized spacial score (nSPS) is 21.9. The molecule has 0 bridgehead atoms. The van der Waals surface area contributed by atoms with E-state index in [4.69, 9.17) is 12.2 Å². The number of benzene rings is 1. The van der Waals surface area contributed by atoms with Gasteiger partial charge in [-0.3, -0.25) is 0 Å². The molecule has 2 fully saturated rings. The highest BCUT2D eigenvalue weighted by molar-refractivity contribution is 7.89.